The summed E-state index contributed by atoms with van der Waals surface area (Å²) in [6.07, 6.45) is 9.11. The molecule has 2 fully saturated rings. The lowest BCUT2D eigenvalue weighted by Gasteiger charge is -2.42. The molecule has 0 atom stereocenters. The summed E-state index contributed by atoms with van der Waals surface area (Å²) in [6, 6.07) is 9.11. The lowest BCUT2D eigenvalue weighted by molar-refractivity contribution is 0.393. The first-order valence-electron chi connectivity index (χ1n) is 9.93. The summed E-state index contributed by atoms with van der Waals surface area (Å²) in [6.45, 7) is 2.06. The second-order valence-corrected chi connectivity index (χ2v) is 7.99. The van der Waals surface area contributed by atoms with Gasteiger partial charge in [0.25, 0.3) is 0 Å². The molecule has 5 heteroatoms. The van der Waals surface area contributed by atoms with Crippen molar-refractivity contribution in [2.45, 2.75) is 50.5 Å². The van der Waals surface area contributed by atoms with Crippen molar-refractivity contribution in [3.63, 3.8) is 0 Å². The number of benzene rings is 1. The number of aromatic nitrogens is 4. The highest BCUT2D eigenvalue weighted by molar-refractivity contribution is 5.76. The van der Waals surface area contributed by atoms with Gasteiger partial charge < -0.3 is 9.47 Å². The normalized spacial score (nSPS) is 20.2. The molecule has 0 radical (unpaired) electrons. The summed E-state index contributed by atoms with van der Waals surface area (Å²) in [5.74, 6) is 3.16. The molecule has 26 heavy (non-hydrogen) atoms. The van der Waals surface area contributed by atoms with Gasteiger partial charge in [0, 0.05) is 30.3 Å². The molecule has 0 spiro atoms. The van der Waals surface area contributed by atoms with Crippen molar-refractivity contribution in [2.75, 3.05) is 18.0 Å². The van der Waals surface area contributed by atoms with E-state index in [2.05, 4.69) is 43.7 Å². The van der Waals surface area contributed by atoms with Gasteiger partial charge in [-0.3, -0.25) is 0 Å². The van der Waals surface area contributed by atoms with Crippen molar-refractivity contribution < 1.29 is 0 Å². The summed E-state index contributed by atoms with van der Waals surface area (Å²) in [4.78, 5) is 16.6. The van der Waals surface area contributed by atoms with Crippen molar-refractivity contribution in [2.24, 2.45) is 0 Å². The topological polar surface area (TPSA) is 46.8 Å². The van der Waals surface area contributed by atoms with Crippen LogP contribution in [0.15, 0.2) is 30.6 Å². The minimum atomic E-state index is 0.507. The average Bonchev–Trinajstić information content (AvgIpc) is 3.43. The second-order valence-electron chi connectivity index (χ2n) is 7.99. The van der Waals surface area contributed by atoms with Crippen LogP contribution in [0.2, 0.25) is 0 Å². The van der Waals surface area contributed by atoms with Gasteiger partial charge >= 0.3 is 0 Å². The van der Waals surface area contributed by atoms with Crippen molar-refractivity contribution in [1.29, 1.82) is 0 Å². The van der Waals surface area contributed by atoms with E-state index in [0.29, 0.717) is 12.0 Å². The first kappa shape index (κ1) is 14.7. The maximum Gasteiger partial charge on any atom is 0.135 e. The molecule has 6 rings (SSSR count). The fraction of sp³-hybridized carbons (Fsp3) is 0.476. The van der Waals surface area contributed by atoms with E-state index in [9.17, 15) is 0 Å². The van der Waals surface area contributed by atoms with Crippen LogP contribution in [0, 0.1) is 0 Å². The van der Waals surface area contributed by atoms with Crippen molar-refractivity contribution in [3.05, 3.63) is 47.7 Å². The lowest BCUT2D eigenvalue weighted by Crippen LogP contribution is -2.49. The maximum absolute atomic E-state index is 4.96. The third-order valence-corrected chi connectivity index (χ3v) is 6.19. The Morgan fingerprint density at radius 2 is 1.81 bits per heavy atom. The van der Waals surface area contributed by atoms with E-state index in [0.717, 1.165) is 31.4 Å². The SMILES string of the molecule is c1ccc2c(c1)nc(C1CC1)n2C1CN(c2ncnc3c2CCCC3)C1. The summed E-state index contributed by atoms with van der Waals surface area (Å²) in [5.41, 5.74) is 5.11. The molecule has 2 aliphatic carbocycles. The van der Waals surface area contributed by atoms with Crippen molar-refractivity contribution >= 4 is 16.9 Å². The van der Waals surface area contributed by atoms with Crippen molar-refractivity contribution in [1.82, 2.24) is 19.5 Å². The number of anilines is 1. The van der Waals surface area contributed by atoms with Gasteiger partial charge in [-0.1, -0.05) is 12.1 Å². The highest BCUT2D eigenvalue weighted by Gasteiger charge is 2.37. The Bertz CT molecular complexity index is 981. The van der Waals surface area contributed by atoms with Gasteiger partial charge in [-0.2, -0.15) is 0 Å². The predicted molar refractivity (Wildman–Crippen MR) is 102 cm³/mol. The molecule has 132 valence electrons. The summed E-state index contributed by atoms with van der Waals surface area (Å²) in [7, 11) is 0. The van der Waals surface area contributed by atoms with Gasteiger partial charge in [0.15, 0.2) is 0 Å². The van der Waals surface area contributed by atoms with E-state index in [4.69, 9.17) is 4.98 Å². The predicted octanol–water partition coefficient (Wildman–Crippen LogP) is 3.64. The second kappa shape index (κ2) is 5.53. The van der Waals surface area contributed by atoms with Gasteiger partial charge in [-0.05, 0) is 50.7 Å². The van der Waals surface area contributed by atoms with Crippen LogP contribution in [0.5, 0.6) is 0 Å². The van der Waals surface area contributed by atoms with Crippen LogP contribution in [0.1, 0.15) is 54.7 Å². The number of rotatable bonds is 3. The van der Waals surface area contributed by atoms with E-state index in [1.54, 1.807) is 6.33 Å². The number of imidazole rings is 1. The van der Waals surface area contributed by atoms with E-state index in [1.165, 1.54) is 54.1 Å². The van der Waals surface area contributed by atoms with Crippen LogP contribution < -0.4 is 4.90 Å². The first-order chi connectivity index (χ1) is 12.9. The average molecular weight is 345 g/mol. The third-order valence-electron chi connectivity index (χ3n) is 6.19. The van der Waals surface area contributed by atoms with Gasteiger partial charge in [0.05, 0.1) is 17.1 Å². The van der Waals surface area contributed by atoms with Gasteiger partial charge in [0.2, 0.25) is 0 Å². The Balaban J connectivity index is 1.33. The molecular weight excluding hydrogens is 322 g/mol. The summed E-state index contributed by atoms with van der Waals surface area (Å²) in [5, 5.41) is 0. The molecule has 3 aromatic rings. The van der Waals surface area contributed by atoms with Gasteiger partial charge in [-0.25, -0.2) is 15.0 Å². The smallest absolute Gasteiger partial charge is 0.135 e. The highest BCUT2D eigenvalue weighted by atomic mass is 15.3. The monoisotopic (exact) mass is 345 g/mol. The highest BCUT2D eigenvalue weighted by Crippen LogP contribution is 2.43. The number of nitrogens with zero attached hydrogens (tertiary/aromatic N) is 5. The quantitative estimate of drug-likeness (QED) is 0.727. The molecule has 3 heterocycles. The standard InChI is InChI=1S/C21H23N5/c1-2-6-17-16(5-1)21(23-13-22-17)25-11-15(12-25)26-19-8-4-3-7-18(19)24-20(26)14-9-10-14/h3-4,7-8,13-15H,1-2,5-6,9-12H2. The van der Waals surface area contributed by atoms with E-state index in [-0.39, 0.29) is 0 Å². The fourth-order valence-corrected chi connectivity index (χ4v) is 4.64. The number of aryl methyl sites for hydroxylation is 1. The largest absolute Gasteiger partial charge is 0.352 e. The number of fused-ring (bicyclic) bond motifs is 2. The maximum atomic E-state index is 4.96. The molecule has 1 aromatic carbocycles. The fourth-order valence-electron chi connectivity index (χ4n) is 4.64. The van der Waals surface area contributed by atoms with Crippen LogP contribution in [-0.2, 0) is 12.8 Å². The van der Waals surface area contributed by atoms with Gasteiger partial charge in [0.1, 0.15) is 18.0 Å². The molecule has 0 unspecified atom stereocenters. The van der Waals surface area contributed by atoms with E-state index >= 15 is 0 Å². The van der Waals surface area contributed by atoms with Gasteiger partial charge in [-0.15, -0.1) is 0 Å². The zero-order chi connectivity index (χ0) is 17.1. The molecule has 1 saturated carbocycles. The molecule has 3 aliphatic rings. The van der Waals surface area contributed by atoms with Crippen LogP contribution in [0.4, 0.5) is 5.82 Å². The Morgan fingerprint density at radius 3 is 2.69 bits per heavy atom. The van der Waals surface area contributed by atoms with Crippen LogP contribution in [0.25, 0.3) is 11.0 Å². The first-order valence-corrected chi connectivity index (χ1v) is 9.93. The Morgan fingerprint density at radius 1 is 0.962 bits per heavy atom. The molecule has 0 N–H and O–H groups in total. The van der Waals surface area contributed by atoms with E-state index < -0.39 is 0 Å². The molecule has 1 aliphatic heterocycles. The lowest BCUT2D eigenvalue weighted by atomic mass is 9.95. The molecule has 0 bridgehead atoms. The van der Waals surface area contributed by atoms with Crippen molar-refractivity contribution in [3.8, 4) is 0 Å². The zero-order valence-corrected chi connectivity index (χ0v) is 14.9. The number of para-hydroxylation sites is 2. The van der Waals surface area contributed by atoms with Crippen LogP contribution in [0.3, 0.4) is 0 Å². The minimum absolute atomic E-state index is 0.507. The number of hydrogen-bond donors (Lipinski definition) is 0. The Hall–Kier alpha value is -2.43. The van der Waals surface area contributed by atoms with Crippen LogP contribution >= 0.6 is 0 Å². The molecular formula is C21H23N5. The third kappa shape index (κ3) is 2.19. The number of hydrogen-bond acceptors (Lipinski definition) is 4. The zero-order valence-electron chi connectivity index (χ0n) is 14.9. The van der Waals surface area contributed by atoms with Crippen LogP contribution in [-0.4, -0.2) is 32.6 Å². The molecule has 0 amide bonds. The Labute approximate surface area is 153 Å². The molecule has 5 nitrogen and oxygen atoms in total. The van der Waals surface area contributed by atoms with E-state index in [1.807, 2.05) is 0 Å². The minimum Gasteiger partial charge on any atom is -0.352 e. The molecule has 1 saturated heterocycles. The molecule has 2 aromatic heterocycles. The Kier molecular flexibility index (Phi) is 3.13. The summed E-state index contributed by atoms with van der Waals surface area (Å²) < 4.78 is 2.52. The summed E-state index contributed by atoms with van der Waals surface area (Å²) >= 11 is 0.